The van der Waals surface area contributed by atoms with Crippen molar-refractivity contribution in [1.82, 2.24) is 20.0 Å². The third kappa shape index (κ3) is 3.72. The van der Waals surface area contributed by atoms with Crippen LogP contribution in [-0.2, 0) is 0 Å². The molecule has 2 heterocycles. The number of rotatable bonds is 1. The summed E-state index contributed by atoms with van der Waals surface area (Å²) in [5.41, 5.74) is 6.96. The standard InChI is InChI=1S/C9H6Br2FN3.C4H3N3/c10-6-3-5(12)4-7(11)9(6)15-8(13)1-2-14-15;5-1-4-2-6-7-3-4/h1-4H,13H2;2-3H,(H,6,7). The van der Waals surface area contributed by atoms with Crippen molar-refractivity contribution in [3.05, 3.63) is 57.1 Å². The van der Waals surface area contributed by atoms with E-state index in [9.17, 15) is 4.39 Å². The summed E-state index contributed by atoms with van der Waals surface area (Å²) < 4.78 is 15.7. The van der Waals surface area contributed by atoms with E-state index in [-0.39, 0.29) is 5.82 Å². The molecule has 0 aliphatic carbocycles. The second kappa shape index (κ2) is 7.20. The Bertz CT molecular complexity index is 783. The quantitative estimate of drug-likeness (QED) is 0.621. The fraction of sp³-hybridized carbons (Fsp3) is 0. The van der Waals surface area contributed by atoms with E-state index in [2.05, 4.69) is 47.2 Å². The predicted octanol–water partition coefficient (Wildman–Crippen LogP) is 3.40. The van der Waals surface area contributed by atoms with Gasteiger partial charge in [0.15, 0.2) is 0 Å². The number of nitrogens with one attached hydrogen (secondary N) is 1. The van der Waals surface area contributed by atoms with E-state index in [0.717, 1.165) is 0 Å². The van der Waals surface area contributed by atoms with Gasteiger partial charge in [-0.1, -0.05) is 0 Å². The molecule has 0 atom stereocenters. The van der Waals surface area contributed by atoms with Crippen molar-refractivity contribution in [2.75, 3.05) is 5.73 Å². The molecule has 22 heavy (non-hydrogen) atoms. The number of hydrogen-bond acceptors (Lipinski definition) is 4. The molecule has 0 unspecified atom stereocenters. The number of nitriles is 1. The summed E-state index contributed by atoms with van der Waals surface area (Å²) in [4.78, 5) is 0. The summed E-state index contributed by atoms with van der Waals surface area (Å²) in [6.07, 6.45) is 4.59. The third-order valence-electron chi connectivity index (χ3n) is 2.49. The lowest BCUT2D eigenvalue weighted by Gasteiger charge is -2.09. The van der Waals surface area contributed by atoms with Crippen molar-refractivity contribution >= 4 is 37.7 Å². The van der Waals surface area contributed by atoms with Gasteiger partial charge < -0.3 is 5.73 Å². The number of halogens is 3. The highest BCUT2D eigenvalue weighted by Gasteiger charge is 2.12. The van der Waals surface area contributed by atoms with Crippen molar-refractivity contribution in [2.24, 2.45) is 0 Å². The average Bonchev–Trinajstić information content (AvgIpc) is 3.10. The molecule has 0 amide bonds. The Hall–Kier alpha value is -2.18. The molecule has 0 spiro atoms. The minimum atomic E-state index is -0.330. The summed E-state index contributed by atoms with van der Waals surface area (Å²) in [6.45, 7) is 0. The zero-order valence-corrected chi connectivity index (χ0v) is 14.1. The average molecular weight is 428 g/mol. The molecule has 9 heteroatoms. The molecule has 3 aromatic rings. The SMILES string of the molecule is N#Cc1cn[nH]c1.Nc1ccnn1-c1c(Br)cc(F)cc1Br. The molecule has 6 nitrogen and oxygen atoms in total. The number of nitrogens with two attached hydrogens (primary N) is 1. The van der Waals surface area contributed by atoms with Gasteiger partial charge in [-0.3, -0.25) is 5.10 Å². The van der Waals surface area contributed by atoms with Crippen LogP contribution in [0.1, 0.15) is 5.56 Å². The van der Waals surface area contributed by atoms with Gasteiger partial charge in [-0.2, -0.15) is 15.5 Å². The van der Waals surface area contributed by atoms with Crippen LogP contribution in [0.3, 0.4) is 0 Å². The number of anilines is 1. The van der Waals surface area contributed by atoms with Crippen LogP contribution in [0.25, 0.3) is 5.69 Å². The normalized spacial score (nSPS) is 9.73. The summed E-state index contributed by atoms with van der Waals surface area (Å²) in [5.74, 6) is 0.159. The van der Waals surface area contributed by atoms with Crippen LogP contribution in [0.2, 0.25) is 0 Å². The van der Waals surface area contributed by atoms with Crippen LogP contribution < -0.4 is 5.73 Å². The Morgan fingerprint density at radius 1 is 1.32 bits per heavy atom. The summed E-state index contributed by atoms with van der Waals surface area (Å²) in [5, 5.41) is 18.2. The van der Waals surface area contributed by atoms with Crippen molar-refractivity contribution < 1.29 is 4.39 Å². The summed E-state index contributed by atoms with van der Waals surface area (Å²) in [6, 6.07) is 6.31. The van der Waals surface area contributed by atoms with Crippen LogP contribution in [0.5, 0.6) is 0 Å². The van der Waals surface area contributed by atoms with E-state index < -0.39 is 0 Å². The molecular formula is C13H9Br2FN6. The second-order valence-corrected chi connectivity index (χ2v) is 5.69. The molecular weight excluding hydrogens is 419 g/mol. The van der Waals surface area contributed by atoms with Gasteiger partial charge in [0, 0.05) is 21.2 Å². The molecule has 0 radical (unpaired) electrons. The molecule has 3 rings (SSSR count). The zero-order valence-electron chi connectivity index (χ0n) is 11.0. The monoisotopic (exact) mass is 426 g/mol. The predicted molar refractivity (Wildman–Crippen MR) is 86.6 cm³/mol. The first-order chi connectivity index (χ1) is 10.5. The first kappa shape index (κ1) is 16.2. The molecule has 3 N–H and O–H groups in total. The number of aromatic amines is 1. The molecule has 0 fully saturated rings. The lowest BCUT2D eigenvalue weighted by Crippen LogP contribution is -2.03. The largest absolute Gasteiger partial charge is 0.384 e. The van der Waals surface area contributed by atoms with E-state index in [1.807, 2.05) is 6.07 Å². The van der Waals surface area contributed by atoms with Gasteiger partial charge in [0.05, 0.1) is 23.6 Å². The second-order valence-electron chi connectivity index (χ2n) is 3.98. The van der Waals surface area contributed by atoms with Crippen LogP contribution in [0.15, 0.2) is 45.7 Å². The van der Waals surface area contributed by atoms with Crippen molar-refractivity contribution in [3.8, 4) is 11.8 Å². The molecule has 0 aliphatic heterocycles. The van der Waals surface area contributed by atoms with Gasteiger partial charge in [0.1, 0.15) is 17.7 Å². The third-order valence-corrected chi connectivity index (χ3v) is 3.70. The molecule has 1 aromatic carbocycles. The topological polar surface area (TPSA) is 96.3 Å². The van der Waals surface area contributed by atoms with E-state index in [1.54, 1.807) is 18.5 Å². The van der Waals surface area contributed by atoms with Gasteiger partial charge in [-0.15, -0.1) is 0 Å². The minimum absolute atomic E-state index is 0.330. The lowest BCUT2D eigenvalue weighted by atomic mass is 10.3. The van der Waals surface area contributed by atoms with Crippen LogP contribution >= 0.6 is 31.9 Å². The zero-order chi connectivity index (χ0) is 16.1. The Kier molecular flexibility index (Phi) is 5.30. The van der Waals surface area contributed by atoms with Crippen molar-refractivity contribution in [1.29, 1.82) is 5.26 Å². The van der Waals surface area contributed by atoms with E-state index in [4.69, 9.17) is 11.0 Å². The van der Waals surface area contributed by atoms with Gasteiger partial charge in [-0.05, 0) is 44.0 Å². The Morgan fingerprint density at radius 3 is 2.41 bits per heavy atom. The fourth-order valence-corrected chi connectivity index (χ4v) is 3.02. The number of nitrogens with zero attached hydrogens (tertiary/aromatic N) is 4. The van der Waals surface area contributed by atoms with E-state index >= 15 is 0 Å². The first-order valence-corrected chi connectivity index (χ1v) is 7.45. The number of nitrogen functional groups attached to an aromatic ring is 1. The molecule has 0 saturated carbocycles. The van der Waals surface area contributed by atoms with Crippen LogP contribution in [0, 0.1) is 17.1 Å². The Balaban J connectivity index is 0.000000211. The minimum Gasteiger partial charge on any atom is -0.384 e. The van der Waals surface area contributed by atoms with Gasteiger partial charge in [0.2, 0.25) is 0 Å². The Morgan fingerprint density at radius 2 is 2.00 bits per heavy atom. The van der Waals surface area contributed by atoms with Crippen LogP contribution in [0.4, 0.5) is 10.2 Å². The lowest BCUT2D eigenvalue weighted by molar-refractivity contribution is 0.625. The highest BCUT2D eigenvalue weighted by Crippen LogP contribution is 2.31. The number of benzene rings is 1. The summed E-state index contributed by atoms with van der Waals surface area (Å²) >= 11 is 6.53. The van der Waals surface area contributed by atoms with Gasteiger partial charge in [0.25, 0.3) is 0 Å². The number of aromatic nitrogens is 4. The first-order valence-electron chi connectivity index (χ1n) is 5.86. The molecule has 0 aliphatic rings. The highest BCUT2D eigenvalue weighted by molar-refractivity contribution is 9.11. The molecule has 0 saturated heterocycles. The van der Waals surface area contributed by atoms with Gasteiger partial charge >= 0.3 is 0 Å². The van der Waals surface area contributed by atoms with E-state index in [1.165, 1.54) is 23.0 Å². The Labute approximate surface area is 142 Å². The van der Waals surface area contributed by atoms with Crippen LogP contribution in [-0.4, -0.2) is 20.0 Å². The number of hydrogen-bond donors (Lipinski definition) is 2. The van der Waals surface area contributed by atoms with Gasteiger partial charge in [-0.25, -0.2) is 9.07 Å². The highest BCUT2D eigenvalue weighted by atomic mass is 79.9. The maximum atomic E-state index is 13.0. The van der Waals surface area contributed by atoms with Crippen molar-refractivity contribution in [2.45, 2.75) is 0 Å². The fourth-order valence-electron chi connectivity index (χ4n) is 1.55. The maximum absolute atomic E-state index is 13.0. The number of H-pyrrole nitrogens is 1. The molecule has 0 bridgehead atoms. The molecule has 2 aromatic heterocycles. The maximum Gasteiger partial charge on any atom is 0.127 e. The summed E-state index contributed by atoms with van der Waals surface area (Å²) in [7, 11) is 0. The molecule has 112 valence electrons. The smallest absolute Gasteiger partial charge is 0.127 e. The van der Waals surface area contributed by atoms with Crippen molar-refractivity contribution in [3.63, 3.8) is 0 Å². The van der Waals surface area contributed by atoms with E-state index in [0.29, 0.717) is 26.0 Å².